The van der Waals surface area contributed by atoms with Crippen LogP contribution >= 0.6 is 27.3 Å². The van der Waals surface area contributed by atoms with Gasteiger partial charge in [0.15, 0.2) is 11.0 Å². The summed E-state index contributed by atoms with van der Waals surface area (Å²) in [6.45, 7) is 2.76. The van der Waals surface area contributed by atoms with Crippen LogP contribution in [0.4, 0.5) is 5.13 Å². The van der Waals surface area contributed by atoms with Crippen LogP contribution in [-0.4, -0.2) is 31.5 Å². The van der Waals surface area contributed by atoms with Crippen LogP contribution in [0.3, 0.4) is 0 Å². The fraction of sp³-hybridized carbons (Fsp3) is 0.261. The summed E-state index contributed by atoms with van der Waals surface area (Å²) >= 11 is 5.19. The van der Waals surface area contributed by atoms with E-state index in [1.54, 1.807) is 18.6 Å². The number of aryl methyl sites for hydroxylation is 2. The van der Waals surface area contributed by atoms with Crippen molar-refractivity contribution < 1.29 is 4.74 Å². The molecule has 0 unspecified atom stereocenters. The van der Waals surface area contributed by atoms with E-state index in [1.807, 2.05) is 30.5 Å². The van der Waals surface area contributed by atoms with Crippen LogP contribution in [0, 0.1) is 0 Å². The van der Waals surface area contributed by atoms with E-state index in [0.717, 1.165) is 52.9 Å². The number of halogens is 1. The Balaban J connectivity index is 1.66. The topological polar surface area (TPSA) is 99.7 Å². The fourth-order valence-electron chi connectivity index (χ4n) is 3.18. The Labute approximate surface area is 199 Å². The van der Waals surface area contributed by atoms with Gasteiger partial charge in [-0.3, -0.25) is 4.98 Å². The SMILES string of the molecule is CCCOc1ccc(Br)c(-c2cc(CCCc3cnc(N)s3)nc(-c3cnccn3)n2)c1. The first-order chi connectivity index (χ1) is 15.6. The molecule has 7 nitrogen and oxygen atoms in total. The standard InChI is InChI=1S/C23H23BrN6OS/c1-2-10-31-16-6-7-19(24)18(12-16)20-11-15(4-3-5-17-13-28-23(25)32-17)29-22(30-20)21-14-26-8-9-27-21/h6-9,11-14H,2-5,10H2,1H3,(H2,25,28). The van der Waals surface area contributed by atoms with Gasteiger partial charge in [0.25, 0.3) is 0 Å². The lowest BCUT2D eigenvalue weighted by Gasteiger charge is -2.11. The first kappa shape index (κ1) is 22.3. The molecule has 3 aromatic heterocycles. The number of nitrogen functional groups attached to an aromatic ring is 1. The number of hydrogen-bond donors (Lipinski definition) is 1. The molecular formula is C23H23BrN6OS. The maximum Gasteiger partial charge on any atom is 0.180 e. The van der Waals surface area contributed by atoms with E-state index >= 15 is 0 Å². The third-order valence-electron chi connectivity index (χ3n) is 4.69. The van der Waals surface area contributed by atoms with Crippen molar-refractivity contribution in [1.82, 2.24) is 24.9 Å². The second kappa shape index (κ2) is 10.6. The molecule has 2 N–H and O–H groups in total. The van der Waals surface area contributed by atoms with Crippen molar-refractivity contribution in [2.45, 2.75) is 32.6 Å². The quantitative estimate of drug-likeness (QED) is 0.323. The largest absolute Gasteiger partial charge is 0.494 e. The van der Waals surface area contributed by atoms with E-state index in [0.29, 0.717) is 23.3 Å². The molecule has 0 aliphatic rings. The van der Waals surface area contributed by atoms with Crippen molar-refractivity contribution in [3.05, 3.63) is 64.1 Å². The Morgan fingerprint density at radius 1 is 1.03 bits per heavy atom. The number of thiazole rings is 1. The lowest BCUT2D eigenvalue weighted by atomic mass is 10.1. The molecule has 0 saturated heterocycles. The molecule has 0 radical (unpaired) electrons. The molecule has 3 heterocycles. The van der Waals surface area contributed by atoms with Crippen LogP contribution in [0.25, 0.3) is 22.8 Å². The van der Waals surface area contributed by atoms with Crippen molar-refractivity contribution in [1.29, 1.82) is 0 Å². The van der Waals surface area contributed by atoms with Gasteiger partial charge in [-0.25, -0.2) is 19.9 Å². The Kier molecular flexibility index (Phi) is 7.39. The molecule has 0 atom stereocenters. The Morgan fingerprint density at radius 3 is 2.69 bits per heavy atom. The molecule has 0 fully saturated rings. The molecule has 4 rings (SSSR count). The molecule has 0 amide bonds. The summed E-state index contributed by atoms with van der Waals surface area (Å²) in [6, 6.07) is 7.98. The van der Waals surface area contributed by atoms with Gasteiger partial charge in [0, 0.05) is 39.2 Å². The highest BCUT2D eigenvalue weighted by Crippen LogP contribution is 2.32. The third-order valence-corrected chi connectivity index (χ3v) is 6.26. The zero-order valence-corrected chi connectivity index (χ0v) is 20.1. The molecule has 0 spiro atoms. The predicted molar refractivity (Wildman–Crippen MR) is 131 cm³/mol. The fourth-order valence-corrected chi connectivity index (χ4v) is 4.36. The molecule has 0 saturated carbocycles. The highest BCUT2D eigenvalue weighted by molar-refractivity contribution is 9.10. The minimum absolute atomic E-state index is 0.555. The first-order valence-corrected chi connectivity index (χ1v) is 12.0. The van der Waals surface area contributed by atoms with Gasteiger partial charge in [0.1, 0.15) is 11.4 Å². The van der Waals surface area contributed by atoms with Crippen molar-refractivity contribution in [3.63, 3.8) is 0 Å². The first-order valence-electron chi connectivity index (χ1n) is 10.4. The van der Waals surface area contributed by atoms with Gasteiger partial charge in [-0.15, -0.1) is 11.3 Å². The van der Waals surface area contributed by atoms with Crippen LogP contribution in [0.5, 0.6) is 5.75 Å². The number of benzene rings is 1. The second-order valence-corrected chi connectivity index (χ2v) is 9.17. The van der Waals surface area contributed by atoms with Gasteiger partial charge in [0.05, 0.1) is 18.5 Å². The molecule has 164 valence electrons. The molecule has 32 heavy (non-hydrogen) atoms. The summed E-state index contributed by atoms with van der Waals surface area (Å²) in [5.41, 5.74) is 9.09. The summed E-state index contributed by atoms with van der Waals surface area (Å²) in [5.74, 6) is 1.37. The minimum atomic E-state index is 0.555. The third kappa shape index (κ3) is 5.66. The van der Waals surface area contributed by atoms with Gasteiger partial charge in [-0.2, -0.15) is 0 Å². The van der Waals surface area contributed by atoms with Gasteiger partial charge in [-0.1, -0.05) is 22.9 Å². The average molecular weight is 511 g/mol. The summed E-state index contributed by atoms with van der Waals surface area (Å²) in [7, 11) is 0. The highest BCUT2D eigenvalue weighted by atomic mass is 79.9. The summed E-state index contributed by atoms with van der Waals surface area (Å²) < 4.78 is 6.77. The van der Waals surface area contributed by atoms with Crippen LogP contribution < -0.4 is 10.5 Å². The van der Waals surface area contributed by atoms with E-state index in [2.05, 4.69) is 37.8 Å². The molecule has 4 aromatic rings. The number of nitrogens with zero attached hydrogens (tertiary/aromatic N) is 5. The van der Waals surface area contributed by atoms with Crippen LogP contribution in [0.2, 0.25) is 0 Å². The maximum atomic E-state index is 5.83. The summed E-state index contributed by atoms with van der Waals surface area (Å²) in [5, 5.41) is 0.601. The molecule has 0 aliphatic heterocycles. The second-order valence-electron chi connectivity index (χ2n) is 7.17. The Bertz CT molecular complexity index is 1180. The van der Waals surface area contributed by atoms with Gasteiger partial charge in [0.2, 0.25) is 0 Å². The highest BCUT2D eigenvalue weighted by Gasteiger charge is 2.13. The van der Waals surface area contributed by atoms with Crippen molar-refractivity contribution in [2.24, 2.45) is 0 Å². The Morgan fingerprint density at radius 2 is 1.94 bits per heavy atom. The van der Waals surface area contributed by atoms with E-state index in [-0.39, 0.29) is 0 Å². The van der Waals surface area contributed by atoms with E-state index in [9.17, 15) is 0 Å². The van der Waals surface area contributed by atoms with E-state index in [1.165, 1.54) is 16.2 Å². The number of ether oxygens (including phenoxy) is 1. The molecular weight excluding hydrogens is 488 g/mol. The van der Waals surface area contributed by atoms with Gasteiger partial charge in [-0.05, 0) is 49.9 Å². The smallest absolute Gasteiger partial charge is 0.180 e. The number of aromatic nitrogens is 5. The van der Waals surface area contributed by atoms with Crippen LogP contribution in [0.1, 0.15) is 30.3 Å². The van der Waals surface area contributed by atoms with E-state index < -0.39 is 0 Å². The number of hydrogen-bond acceptors (Lipinski definition) is 8. The monoisotopic (exact) mass is 510 g/mol. The molecule has 9 heteroatoms. The van der Waals surface area contributed by atoms with E-state index in [4.69, 9.17) is 20.4 Å². The number of nitrogens with two attached hydrogens (primary N) is 1. The molecule has 1 aromatic carbocycles. The van der Waals surface area contributed by atoms with Gasteiger partial charge >= 0.3 is 0 Å². The van der Waals surface area contributed by atoms with Crippen molar-refractivity contribution in [2.75, 3.05) is 12.3 Å². The summed E-state index contributed by atoms with van der Waals surface area (Å²) in [4.78, 5) is 23.4. The van der Waals surface area contributed by atoms with Crippen molar-refractivity contribution in [3.8, 4) is 28.5 Å². The van der Waals surface area contributed by atoms with Crippen molar-refractivity contribution >= 4 is 32.4 Å². The molecule has 0 aliphatic carbocycles. The lowest BCUT2D eigenvalue weighted by Crippen LogP contribution is -2.01. The average Bonchev–Trinajstić information content (AvgIpc) is 3.24. The Hall–Kier alpha value is -2.91. The molecule has 0 bridgehead atoms. The maximum absolute atomic E-state index is 5.83. The number of anilines is 1. The van der Waals surface area contributed by atoms with Gasteiger partial charge < -0.3 is 10.5 Å². The normalized spacial score (nSPS) is 10.9. The minimum Gasteiger partial charge on any atom is -0.494 e. The zero-order chi connectivity index (χ0) is 22.3. The van der Waals surface area contributed by atoms with Crippen LogP contribution in [0.15, 0.2) is 53.5 Å². The zero-order valence-electron chi connectivity index (χ0n) is 17.7. The van der Waals surface area contributed by atoms with Crippen LogP contribution in [-0.2, 0) is 12.8 Å². The lowest BCUT2D eigenvalue weighted by molar-refractivity contribution is 0.317. The number of rotatable bonds is 9. The summed E-state index contributed by atoms with van der Waals surface area (Å²) in [6.07, 6.45) is 10.4. The predicted octanol–water partition coefficient (Wildman–Crippen LogP) is 5.37.